The Hall–Kier alpha value is -2.33. The van der Waals surface area contributed by atoms with Gasteiger partial charge in [-0.05, 0) is 12.1 Å². The number of hydrogen-bond acceptors (Lipinski definition) is 5. The van der Waals surface area contributed by atoms with Gasteiger partial charge in [0.2, 0.25) is 0 Å². The number of benzene rings is 1. The van der Waals surface area contributed by atoms with E-state index in [2.05, 4.69) is 9.72 Å². The number of halogens is 6. The lowest BCUT2D eigenvalue weighted by Gasteiger charge is -2.15. The van der Waals surface area contributed by atoms with E-state index in [1.807, 2.05) is 0 Å². The van der Waals surface area contributed by atoms with Crippen molar-refractivity contribution >= 4 is 29.2 Å². The van der Waals surface area contributed by atoms with Crippen molar-refractivity contribution in [2.75, 3.05) is 19.6 Å². The zero-order valence-electron chi connectivity index (χ0n) is 13.4. The summed E-state index contributed by atoms with van der Waals surface area (Å²) in [5.74, 6) is -2.07. The Balaban J connectivity index is 2.68. The monoisotopic (exact) mass is 428 g/mol. The molecule has 0 aliphatic rings. The van der Waals surface area contributed by atoms with Gasteiger partial charge in [0.15, 0.2) is 5.69 Å². The lowest BCUT2D eigenvalue weighted by molar-refractivity contribution is -0.141. The predicted molar refractivity (Wildman–Crippen MR) is 87.4 cm³/mol. The Labute approximate surface area is 159 Å². The van der Waals surface area contributed by atoms with E-state index in [9.17, 15) is 27.2 Å². The standard InChI is InChI=1S/C15H10Cl2F4N2O4/c1-26-14-22-11(15(19,20)21)6-12(24)23(14)10-4-7(8(17)5-9(10)18)13(25)27-3-2-16/h4-6H,2-3H2,1H3. The molecule has 0 unspecified atom stereocenters. The van der Waals surface area contributed by atoms with E-state index in [-0.39, 0.29) is 29.1 Å². The van der Waals surface area contributed by atoms with Crippen molar-refractivity contribution in [1.82, 2.24) is 9.55 Å². The van der Waals surface area contributed by atoms with Crippen LogP contribution in [0.4, 0.5) is 17.6 Å². The van der Waals surface area contributed by atoms with Gasteiger partial charge in [0.25, 0.3) is 5.56 Å². The maximum atomic E-state index is 14.3. The number of rotatable bonds is 5. The molecular weight excluding hydrogens is 419 g/mol. The molecule has 1 aromatic heterocycles. The number of hydrogen-bond donors (Lipinski definition) is 0. The second kappa shape index (κ2) is 8.13. The SMILES string of the molecule is COc1nc(C(F)(F)F)cc(=O)n1-c1cc(C(=O)OCCCl)c(Cl)cc1F. The number of ether oxygens (including phenoxy) is 2. The lowest BCUT2D eigenvalue weighted by atomic mass is 10.2. The number of carbonyl (C=O) groups excluding carboxylic acids is 1. The van der Waals surface area contributed by atoms with Crippen LogP contribution in [0.1, 0.15) is 16.1 Å². The van der Waals surface area contributed by atoms with Crippen LogP contribution in [0.2, 0.25) is 5.02 Å². The highest BCUT2D eigenvalue weighted by molar-refractivity contribution is 6.33. The van der Waals surface area contributed by atoms with E-state index in [0.717, 1.165) is 13.2 Å². The Morgan fingerprint density at radius 3 is 2.52 bits per heavy atom. The Morgan fingerprint density at radius 2 is 1.96 bits per heavy atom. The van der Waals surface area contributed by atoms with E-state index in [0.29, 0.717) is 10.6 Å². The third kappa shape index (κ3) is 4.51. The first kappa shape index (κ1) is 21.0. The number of nitrogens with zero attached hydrogens (tertiary/aromatic N) is 2. The molecule has 1 aromatic carbocycles. The van der Waals surface area contributed by atoms with Crippen LogP contribution in [-0.2, 0) is 10.9 Å². The molecule has 146 valence electrons. The molecule has 0 saturated carbocycles. The van der Waals surface area contributed by atoms with Crippen molar-refractivity contribution in [1.29, 1.82) is 0 Å². The summed E-state index contributed by atoms with van der Waals surface area (Å²) in [5, 5.41) is -0.331. The normalized spacial score (nSPS) is 11.4. The summed E-state index contributed by atoms with van der Waals surface area (Å²) >= 11 is 11.2. The fourth-order valence-electron chi connectivity index (χ4n) is 2.04. The van der Waals surface area contributed by atoms with Crippen LogP contribution in [0.15, 0.2) is 23.0 Å². The van der Waals surface area contributed by atoms with Gasteiger partial charge in [-0.15, -0.1) is 11.6 Å². The molecule has 6 nitrogen and oxygen atoms in total. The minimum absolute atomic E-state index is 0.00643. The van der Waals surface area contributed by atoms with Gasteiger partial charge >= 0.3 is 18.2 Å². The van der Waals surface area contributed by atoms with E-state index < -0.39 is 40.9 Å². The Bertz CT molecular complexity index is 931. The summed E-state index contributed by atoms with van der Waals surface area (Å²) in [4.78, 5) is 27.3. The summed E-state index contributed by atoms with van der Waals surface area (Å²) < 4.78 is 62.7. The van der Waals surface area contributed by atoms with E-state index in [1.165, 1.54) is 0 Å². The van der Waals surface area contributed by atoms with E-state index >= 15 is 0 Å². The van der Waals surface area contributed by atoms with Crippen molar-refractivity contribution in [3.63, 3.8) is 0 Å². The fourth-order valence-corrected chi connectivity index (χ4v) is 2.34. The van der Waals surface area contributed by atoms with Crippen LogP contribution in [0.3, 0.4) is 0 Å². The molecule has 1 heterocycles. The Morgan fingerprint density at radius 1 is 1.30 bits per heavy atom. The molecule has 0 spiro atoms. The topological polar surface area (TPSA) is 70.4 Å². The maximum absolute atomic E-state index is 14.3. The molecule has 0 aliphatic carbocycles. The smallest absolute Gasteiger partial charge is 0.433 e. The molecule has 0 aliphatic heterocycles. The largest absolute Gasteiger partial charge is 0.468 e. The molecule has 0 fully saturated rings. The second-order valence-corrected chi connectivity index (χ2v) is 5.69. The van der Waals surface area contributed by atoms with Crippen LogP contribution in [-0.4, -0.2) is 35.1 Å². The van der Waals surface area contributed by atoms with Gasteiger partial charge in [0.1, 0.15) is 12.4 Å². The predicted octanol–water partition coefficient (Wildman–Crippen LogP) is 3.45. The molecule has 27 heavy (non-hydrogen) atoms. The van der Waals surface area contributed by atoms with Gasteiger partial charge in [0.05, 0.1) is 29.3 Å². The molecule has 0 bridgehead atoms. The van der Waals surface area contributed by atoms with Crippen LogP contribution < -0.4 is 10.3 Å². The average Bonchev–Trinajstić information content (AvgIpc) is 2.58. The van der Waals surface area contributed by atoms with Crippen LogP contribution in [0.25, 0.3) is 5.69 Å². The summed E-state index contributed by atoms with van der Waals surface area (Å²) in [6.45, 7) is -0.158. The first-order valence-corrected chi connectivity index (χ1v) is 7.99. The summed E-state index contributed by atoms with van der Waals surface area (Å²) in [5.41, 5.74) is -3.72. The zero-order chi connectivity index (χ0) is 20.4. The molecular formula is C15H10Cl2F4N2O4. The lowest BCUT2D eigenvalue weighted by Crippen LogP contribution is -2.25. The quantitative estimate of drug-likeness (QED) is 0.414. The van der Waals surface area contributed by atoms with E-state index in [1.54, 1.807) is 0 Å². The number of carbonyl (C=O) groups is 1. The molecule has 2 rings (SSSR count). The van der Waals surface area contributed by atoms with E-state index in [4.69, 9.17) is 27.9 Å². The number of alkyl halides is 4. The molecule has 0 radical (unpaired) electrons. The van der Waals surface area contributed by atoms with Gasteiger partial charge in [-0.3, -0.25) is 4.79 Å². The summed E-state index contributed by atoms with van der Waals surface area (Å²) in [6, 6.07) is 0.878. The van der Waals surface area contributed by atoms with Crippen molar-refractivity contribution in [2.24, 2.45) is 0 Å². The molecule has 0 saturated heterocycles. The van der Waals surface area contributed by atoms with Gasteiger partial charge < -0.3 is 9.47 Å². The summed E-state index contributed by atoms with van der Waals surface area (Å²) in [7, 11) is 0.946. The van der Waals surface area contributed by atoms with Crippen molar-refractivity contribution < 1.29 is 31.8 Å². The van der Waals surface area contributed by atoms with Crippen LogP contribution in [0, 0.1) is 5.82 Å². The number of aromatic nitrogens is 2. The highest BCUT2D eigenvalue weighted by atomic mass is 35.5. The molecule has 0 N–H and O–H groups in total. The first-order chi connectivity index (χ1) is 12.6. The van der Waals surface area contributed by atoms with Gasteiger partial charge in [0, 0.05) is 6.07 Å². The minimum atomic E-state index is -4.92. The fraction of sp³-hybridized carbons (Fsp3) is 0.267. The molecule has 0 amide bonds. The van der Waals surface area contributed by atoms with Crippen molar-refractivity contribution in [3.05, 3.63) is 50.7 Å². The maximum Gasteiger partial charge on any atom is 0.433 e. The van der Waals surface area contributed by atoms with Crippen LogP contribution >= 0.6 is 23.2 Å². The van der Waals surface area contributed by atoms with Gasteiger partial charge in [-0.25, -0.2) is 13.8 Å². The van der Waals surface area contributed by atoms with Crippen molar-refractivity contribution in [3.8, 4) is 11.7 Å². The average molecular weight is 429 g/mol. The minimum Gasteiger partial charge on any atom is -0.468 e. The second-order valence-electron chi connectivity index (χ2n) is 4.91. The third-order valence-electron chi connectivity index (χ3n) is 3.17. The first-order valence-electron chi connectivity index (χ1n) is 7.08. The van der Waals surface area contributed by atoms with Gasteiger partial charge in [-0.1, -0.05) is 11.6 Å². The number of esters is 1. The van der Waals surface area contributed by atoms with Crippen LogP contribution in [0.5, 0.6) is 6.01 Å². The highest BCUT2D eigenvalue weighted by Crippen LogP contribution is 2.30. The molecule has 12 heteroatoms. The highest BCUT2D eigenvalue weighted by Gasteiger charge is 2.35. The summed E-state index contributed by atoms with van der Waals surface area (Å²) in [6.07, 6.45) is -4.92. The van der Waals surface area contributed by atoms with Gasteiger partial charge in [-0.2, -0.15) is 18.2 Å². The zero-order valence-corrected chi connectivity index (χ0v) is 15.0. The van der Waals surface area contributed by atoms with Crippen molar-refractivity contribution in [2.45, 2.75) is 6.18 Å². The number of methoxy groups -OCH3 is 1. The molecule has 0 atom stereocenters. The Kier molecular flexibility index (Phi) is 6.32. The third-order valence-corrected chi connectivity index (χ3v) is 3.64. The molecule has 2 aromatic rings.